The van der Waals surface area contributed by atoms with Crippen LogP contribution in [0.2, 0.25) is 0 Å². The van der Waals surface area contributed by atoms with E-state index in [1.807, 2.05) is 36.4 Å². The Morgan fingerprint density at radius 1 is 1.12 bits per heavy atom. The second-order valence-corrected chi connectivity index (χ2v) is 17.2. The van der Waals surface area contributed by atoms with E-state index >= 15 is 0 Å². The molecule has 3 aliphatic heterocycles. The molecular formula is C36H46N4O7S. The average molecular weight is 679 g/mol. The monoisotopic (exact) mass is 678 g/mol. The molecule has 3 amide bonds. The summed E-state index contributed by atoms with van der Waals surface area (Å²) in [4.78, 5) is 48.2. The molecule has 12 heteroatoms. The molecule has 5 aliphatic rings. The van der Waals surface area contributed by atoms with Gasteiger partial charge in [0, 0.05) is 29.5 Å². The number of allylic oxidation sites excluding steroid dienone is 1. The third-order valence-corrected chi connectivity index (χ3v) is 13.1. The van der Waals surface area contributed by atoms with Crippen LogP contribution in [-0.4, -0.2) is 71.6 Å². The highest BCUT2D eigenvalue weighted by Gasteiger charge is 2.63. The molecular weight excluding hydrogens is 632 g/mol. The van der Waals surface area contributed by atoms with E-state index in [0.29, 0.717) is 37.7 Å². The van der Waals surface area contributed by atoms with Crippen molar-refractivity contribution < 1.29 is 32.3 Å². The fourth-order valence-corrected chi connectivity index (χ4v) is 8.98. The number of carbonyl (C=O) groups is 3. The zero-order chi connectivity index (χ0) is 33.8. The SMILES string of the molecule is C[C@H]1CC/C=C\C2C[C@@]2(C(=O)NS(=O)(=O)C2(C)CC2)NC(=O)[C@@H]2C[C@@H](Oc3nc4c(c5ccccc35)OCCC4)CN2C(=O)C[C@H](C)C1. The highest BCUT2D eigenvalue weighted by atomic mass is 32.2. The van der Waals surface area contributed by atoms with Gasteiger partial charge >= 0.3 is 0 Å². The lowest BCUT2D eigenvalue weighted by atomic mass is 9.91. The van der Waals surface area contributed by atoms with E-state index in [0.717, 1.165) is 54.3 Å². The summed E-state index contributed by atoms with van der Waals surface area (Å²) >= 11 is 0. The van der Waals surface area contributed by atoms with Crippen molar-refractivity contribution in [2.75, 3.05) is 13.2 Å². The van der Waals surface area contributed by atoms with Gasteiger partial charge in [0.05, 0.1) is 23.6 Å². The quantitative estimate of drug-likeness (QED) is 0.449. The zero-order valence-corrected chi connectivity index (χ0v) is 28.8. The maximum atomic E-state index is 14.2. The number of sulfonamides is 1. The molecule has 2 aliphatic carbocycles. The Kier molecular flexibility index (Phi) is 8.44. The maximum absolute atomic E-state index is 14.2. The van der Waals surface area contributed by atoms with Gasteiger partial charge in [-0.2, -0.15) is 0 Å². The molecule has 2 saturated carbocycles. The van der Waals surface area contributed by atoms with E-state index in [9.17, 15) is 22.8 Å². The molecule has 1 unspecified atom stereocenters. The number of fused-ring (bicyclic) bond motifs is 5. The number of carbonyl (C=O) groups excluding carboxylic acids is 3. The van der Waals surface area contributed by atoms with Crippen molar-refractivity contribution in [2.45, 2.75) is 107 Å². The molecule has 1 saturated heterocycles. The predicted molar refractivity (Wildman–Crippen MR) is 180 cm³/mol. The molecule has 6 atom stereocenters. The lowest BCUT2D eigenvalue weighted by molar-refractivity contribution is -0.140. The first kappa shape index (κ1) is 32.9. The van der Waals surface area contributed by atoms with Gasteiger partial charge in [-0.25, -0.2) is 13.4 Å². The van der Waals surface area contributed by atoms with Crippen LogP contribution in [0.3, 0.4) is 0 Å². The zero-order valence-electron chi connectivity index (χ0n) is 28.0. The van der Waals surface area contributed by atoms with Gasteiger partial charge in [-0.15, -0.1) is 0 Å². The second kappa shape index (κ2) is 12.3. The number of hydrogen-bond donors (Lipinski definition) is 2. The van der Waals surface area contributed by atoms with Crippen LogP contribution in [0.15, 0.2) is 36.4 Å². The molecule has 11 nitrogen and oxygen atoms in total. The summed E-state index contributed by atoms with van der Waals surface area (Å²) < 4.78 is 40.0. The van der Waals surface area contributed by atoms with Crippen LogP contribution in [0.4, 0.5) is 0 Å². The number of nitrogens with one attached hydrogen (secondary N) is 2. The lowest BCUT2D eigenvalue weighted by Crippen LogP contribution is -2.57. The van der Waals surface area contributed by atoms with Gasteiger partial charge in [-0.3, -0.25) is 19.1 Å². The molecule has 0 radical (unpaired) electrons. The second-order valence-electron chi connectivity index (χ2n) is 15.0. The molecule has 3 fully saturated rings. The van der Waals surface area contributed by atoms with Gasteiger partial charge in [0.15, 0.2) is 0 Å². The molecule has 4 heterocycles. The van der Waals surface area contributed by atoms with Crippen molar-refractivity contribution in [1.29, 1.82) is 0 Å². The Balaban J connectivity index is 1.18. The van der Waals surface area contributed by atoms with E-state index in [-0.39, 0.29) is 37.1 Å². The third-order valence-electron chi connectivity index (χ3n) is 11.0. The molecule has 48 heavy (non-hydrogen) atoms. The fourth-order valence-electron chi connectivity index (χ4n) is 7.67. The van der Waals surface area contributed by atoms with Crippen LogP contribution in [0, 0.1) is 17.8 Å². The number of amides is 3. The summed E-state index contributed by atoms with van der Waals surface area (Å²) in [5.41, 5.74) is -0.579. The van der Waals surface area contributed by atoms with E-state index in [2.05, 4.69) is 23.9 Å². The number of benzene rings is 1. The largest absolute Gasteiger partial charge is 0.491 e. The van der Waals surface area contributed by atoms with Crippen LogP contribution in [0.5, 0.6) is 11.6 Å². The molecule has 1 aromatic heterocycles. The topological polar surface area (TPSA) is 144 Å². The van der Waals surface area contributed by atoms with E-state index in [4.69, 9.17) is 14.5 Å². The highest BCUT2D eigenvalue weighted by molar-refractivity contribution is 7.91. The first-order valence-electron chi connectivity index (χ1n) is 17.4. The normalized spacial score (nSPS) is 32.3. The van der Waals surface area contributed by atoms with Crippen molar-refractivity contribution in [3.05, 3.63) is 42.1 Å². The van der Waals surface area contributed by atoms with Crippen molar-refractivity contribution in [3.8, 4) is 11.6 Å². The van der Waals surface area contributed by atoms with Gasteiger partial charge < -0.3 is 19.7 Å². The number of rotatable bonds is 5. The van der Waals surface area contributed by atoms with Gasteiger partial charge in [0.2, 0.25) is 27.7 Å². The van der Waals surface area contributed by atoms with Crippen LogP contribution in [0.25, 0.3) is 10.8 Å². The van der Waals surface area contributed by atoms with Gasteiger partial charge in [-0.1, -0.05) is 44.2 Å². The molecule has 0 bridgehead atoms. The summed E-state index contributed by atoms with van der Waals surface area (Å²) in [5.74, 6) is 0.0288. The first-order valence-corrected chi connectivity index (χ1v) is 18.9. The summed E-state index contributed by atoms with van der Waals surface area (Å²) in [6.07, 6.45) is 9.41. The van der Waals surface area contributed by atoms with E-state index < -0.39 is 44.3 Å². The number of aromatic nitrogens is 1. The Morgan fingerprint density at radius 2 is 1.90 bits per heavy atom. The molecule has 7 rings (SSSR count). The maximum Gasteiger partial charge on any atom is 0.259 e. The van der Waals surface area contributed by atoms with Crippen LogP contribution in [-0.2, 0) is 30.8 Å². The van der Waals surface area contributed by atoms with Crippen molar-refractivity contribution >= 4 is 38.5 Å². The molecule has 2 aromatic rings. The van der Waals surface area contributed by atoms with E-state index in [1.54, 1.807) is 11.8 Å². The molecule has 0 spiro atoms. The first-order chi connectivity index (χ1) is 22.9. The molecule has 2 N–H and O–H groups in total. The highest BCUT2D eigenvalue weighted by Crippen LogP contribution is 2.48. The standard InChI is InChI=1S/C36H46N4O7S/c1-22-9-4-5-10-24-20-36(24,34(43)39-48(44,45)35(3)14-15-35)38-32(42)29-19-25(21-40(29)30(41)18-23(2)17-22)47-33-27-12-7-6-11-26(27)31-28(37-33)13-8-16-46-31/h5-7,10-12,22-25,29H,4,8-9,13-21H2,1-3H3,(H,38,42)(H,39,43)/b10-5-/t22-,23+,24?,25+,29-,36+/m0/s1. The van der Waals surface area contributed by atoms with Crippen LogP contribution in [0.1, 0.15) is 84.3 Å². The lowest BCUT2D eigenvalue weighted by Gasteiger charge is -2.28. The number of ether oxygens (including phenoxy) is 2. The minimum Gasteiger partial charge on any atom is -0.491 e. The van der Waals surface area contributed by atoms with Crippen LogP contribution < -0.4 is 19.5 Å². The number of hydrogen-bond acceptors (Lipinski definition) is 8. The van der Waals surface area contributed by atoms with Crippen molar-refractivity contribution in [2.24, 2.45) is 17.8 Å². The van der Waals surface area contributed by atoms with E-state index in [1.165, 1.54) is 0 Å². The Labute approximate surface area is 282 Å². The summed E-state index contributed by atoms with van der Waals surface area (Å²) in [7, 11) is -3.91. The third kappa shape index (κ3) is 6.16. The van der Waals surface area contributed by atoms with Gasteiger partial charge in [0.25, 0.3) is 5.91 Å². The molecule has 1 aromatic carbocycles. The number of nitrogens with zero attached hydrogens (tertiary/aromatic N) is 2. The average Bonchev–Trinajstić information content (AvgIpc) is 3.93. The predicted octanol–water partition coefficient (Wildman–Crippen LogP) is 4.18. The van der Waals surface area contributed by atoms with Crippen molar-refractivity contribution in [1.82, 2.24) is 19.9 Å². The Hall–Kier alpha value is -3.67. The Morgan fingerprint density at radius 3 is 2.67 bits per heavy atom. The fraction of sp³-hybridized carbons (Fsp3) is 0.611. The summed E-state index contributed by atoms with van der Waals surface area (Å²) in [5, 5.41) is 4.67. The Bertz CT molecular complexity index is 1770. The van der Waals surface area contributed by atoms with Crippen molar-refractivity contribution in [3.63, 3.8) is 0 Å². The molecule has 258 valence electrons. The minimum absolute atomic E-state index is 0.121. The smallest absolute Gasteiger partial charge is 0.259 e. The summed E-state index contributed by atoms with van der Waals surface area (Å²) in [6.45, 7) is 6.70. The number of pyridine rings is 1. The minimum atomic E-state index is -3.91. The van der Waals surface area contributed by atoms with Gasteiger partial charge in [-0.05, 0) is 76.2 Å². The summed E-state index contributed by atoms with van der Waals surface area (Å²) in [6, 6.07) is 6.89. The number of aryl methyl sites for hydroxylation is 1. The van der Waals surface area contributed by atoms with Gasteiger partial charge in [0.1, 0.15) is 23.4 Å². The van der Waals surface area contributed by atoms with Crippen LogP contribution >= 0.6 is 0 Å².